The minimum atomic E-state index is -0.320. The van der Waals surface area contributed by atoms with Gasteiger partial charge in [0, 0.05) is 35.4 Å². The van der Waals surface area contributed by atoms with E-state index in [0.29, 0.717) is 23.0 Å². The molecule has 1 aromatic carbocycles. The molecule has 0 atom stereocenters. The number of aromatic nitrogens is 5. The number of carbonyl (C=O) groups is 1. The van der Waals surface area contributed by atoms with Crippen molar-refractivity contribution in [2.24, 2.45) is 0 Å². The Morgan fingerprint density at radius 2 is 1.93 bits per heavy atom. The van der Waals surface area contributed by atoms with Crippen LogP contribution in [0.3, 0.4) is 0 Å². The van der Waals surface area contributed by atoms with Gasteiger partial charge in [-0.05, 0) is 55.0 Å². The van der Waals surface area contributed by atoms with E-state index >= 15 is 0 Å². The lowest BCUT2D eigenvalue weighted by Crippen LogP contribution is -2.14. The quantitative estimate of drug-likeness (QED) is 0.499. The van der Waals surface area contributed by atoms with Gasteiger partial charge in [-0.2, -0.15) is 0 Å². The number of nitrogens with zero attached hydrogens (tertiary/aromatic N) is 5. The molecule has 2 N–H and O–H groups in total. The number of aryl methyl sites for hydroxylation is 1. The van der Waals surface area contributed by atoms with Gasteiger partial charge in [0.15, 0.2) is 11.0 Å². The second-order valence-corrected chi connectivity index (χ2v) is 6.74. The summed E-state index contributed by atoms with van der Waals surface area (Å²) in [5, 5.41) is 13.7. The number of hydrogen-bond acceptors (Lipinski definition) is 7. The molecule has 0 radical (unpaired) electrons. The number of pyridine rings is 1. The number of nitrogens with one attached hydrogen (secondary N) is 2. The number of carbonyl (C=O) groups excluding carboxylic acids is 1. The molecule has 30 heavy (non-hydrogen) atoms. The van der Waals surface area contributed by atoms with E-state index in [9.17, 15) is 4.79 Å². The van der Waals surface area contributed by atoms with Crippen molar-refractivity contribution in [2.75, 3.05) is 10.6 Å². The van der Waals surface area contributed by atoms with Gasteiger partial charge >= 0.3 is 0 Å². The number of hydrogen-bond donors (Lipinski definition) is 2. The normalized spacial score (nSPS) is 10.5. The maximum atomic E-state index is 12.6. The highest BCUT2D eigenvalue weighted by Crippen LogP contribution is 2.22. The molecule has 3 heterocycles. The molecule has 0 unspecified atom stereocenters. The highest BCUT2D eigenvalue weighted by Gasteiger charge is 2.11. The number of anilines is 3. The molecule has 148 valence electrons. The van der Waals surface area contributed by atoms with E-state index in [0.717, 1.165) is 16.8 Å². The Balaban J connectivity index is 1.55. The van der Waals surface area contributed by atoms with E-state index in [4.69, 9.17) is 11.6 Å². The Hall–Kier alpha value is -3.91. The average Bonchev–Trinajstić information content (AvgIpc) is 2.77. The molecule has 0 saturated carbocycles. The van der Waals surface area contributed by atoms with Crippen LogP contribution in [0.25, 0.3) is 11.3 Å². The zero-order valence-electron chi connectivity index (χ0n) is 15.9. The molecule has 4 rings (SSSR count). The van der Waals surface area contributed by atoms with Crippen molar-refractivity contribution in [1.29, 1.82) is 0 Å². The summed E-state index contributed by atoms with van der Waals surface area (Å²) in [4.78, 5) is 25.5. The van der Waals surface area contributed by atoms with Crippen LogP contribution in [-0.2, 0) is 0 Å². The van der Waals surface area contributed by atoms with Crippen molar-refractivity contribution in [3.8, 4) is 11.3 Å². The molecule has 3 aromatic heterocycles. The van der Waals surface area contributed by atoms with Gasteiger partial charge in [0.05, 0.1) is 5.69 Å². The van der Waals surface area contributed by atoms with Crippen molar-refractivity contribution < 1.29 is 4.79 Å². The SMILES string of the molecule is Cc1ccc(C(=O)Nc2ccc(Cl)nn2)cc1Nc1nccc(-c2cccnc2)n1. The summed E-state index contributed by atoms with van der Waals surface area (Å²) in [6.45, 7) is 1.93. The Kier molecular flexibility index (Phi) is 5.58. The van der Waals surface area contributed by atoms with E-state index in [1.165, 1.54) is 0 Å². The minimum absolute atomic E-state index is 0.253. The van der Waals surface area contributed by atoms with Crippen LogP contribution in [0, 0.1) is 6.92 Å². The minimum Gasteiger partial charge on any atom is -0.324 e. The summed E-state index contributed by atoms with van der Waals surface area (Å²) in [5.41, 5.74) is 3.73. The van der Waals surface area contributed by atoms with Crippen LogP contribution in [0.2, 0.25) is 5.15 Å². The van der Waals surface area contributed by atoms with Gasteiger partial charge in [-0.25, -0.2) is 9.97 Å². The third-order valence-electron chi connectivity index (χ3n) is 4.23. The van der Waals surface area contributed by atoms with Crippen LogP contribution in [0.4, 0.5) is 17.5 Å². The molecule has 0 bridgehead atoms. The Morgan fingerprint density at radius 1 is 1.03 bits per heavy atom. The molecular weight excluding hydrogens is 402 g/mol. The summed E-state index contributed by atoms with van der Waals surface area (Å²) < 4.78 is 0. The standard InChI is InChI=1S/C21H16ClN7O/c1-13-4-5-14(20(30)27-19-7-6-18(22)28-29-19)11-17(13)26-21-24-10-8-16(25-21)15-3-2-9-23-12-15/h2-12H,1H3,(H,24,25,26)(H,27,29,30). The Bertz CT molecular complexity index is 1180. The van der Waals surface area contributed by atoms with Crippen molar-refractivity contribution in [2.45, 2.75) is 6.92 Å². The fourth-order valence-electron chi connectivity index (χ4n) is 2.68. The van der Waals surface area contributed by atoms with Gasteiger partial charge in [0.25, 0.3) is 5.91 Å². The molecule has 9 heteroatoms. The van der Waals surface area contributed by atoms with E-state index in [1.807, 2.05) is 31.2 Å². The van der Waals surface area contributed by atoms with Gasteiger partial charge in [-0.1, -0.05) is 17.7 Å². The fourth-order valence-corrected chi connectivity index (χ4v) is 2.78. The third kappa shape index (κ3) is 4.56. The van der Waals surface area contributed by atoms with Crippen molar-refractivity contribution in [3.05, 3.63) is 83.4 Å². The number of benzene rings is 1. The molecule has 4 aromatic rings. The van der Waals surface area contributed by atoms with Gasteiger partial charge < -0.3 is 10.6 Å². The first kappa shape index (κ1) is 19.4. The van der Waals surface area contributed by atoms with Crippen LogP contribution in [-0.4, -0.2) is 31.1 Å². The monoisotopic (exact) mass is 417 g/mol. The molecule has 0 aliphatic heterocycles. The van der Waals surface area contributed by atoms with Crippen LogP contribution < -0.4 is 10.6 Å². The van der Waals surface area contributed by atoms with Crippen molar-refractivity contribution >= 4 is 35.0 Å². The lowest BCUT2D eigenvalue weighted by molar-refractivity contribution is 0.102. The van der Waals surface area contributed by atoms with Crippen LogP contribution in [0.15, 0.2) is 67.1 Å². The maximum absolute atomic E-state index is 12.6. The van der Waals surface area contributed by atoms with Crippen LogP contribution >= 0.6 is 11.6 Å². The van der Waals surface area contributed by atoms with E-state index < -0.39 is 0 Å². The Morgan fingerprint density at radius 3 is 2.70 bits per heavy atom. The maximum Gasteiger partial charge on any atom is 0.256 e. The molecule has 1 amide bonds. The lowest BCUT2D eigenvalue weighted by atomic mass is 10.1. The van der Waals surface area contributed by atoms with E-state index in [2.05, 4.69) is 35.8 Å². The van der Waals surface area contributed by atoms with E-state index in [-0.39, 0.29) is 11.1 Å². The van der Waals surface area contributed by atoms with Gasteiger partial charge in [-0.3, -0.25) is 9.78 Å². The second kappa shape index (κ2) is 8.62. The summed E-state index contributed by atoms with van der Waals surface area (Å²) in [6, 6.07) is 14.0. The summed E-state index contributed by atoms with van der Waals surface area (Å²) in [7, 11) is 0. The number of rotatable bonds is 5. The largest absolute Gasteiger partial charge is 0.324 e. The number of halogens is 1. The summed E-state index contributed by atoms with van der Waals surface area (Å²) in [5.74, 6) is 0.410. The highest BCUT2D eigenvalue weighted by atomic mass is 35.5. The number of amides is 1. The lowest BCUT2D eigenvalue weighted by Gasteiger charge is -2.11. The predicted molar refractivity (Wildman–Crippen MR) is 115 cm³/mol. The van der Waals surface area contributed by atoms with E-state index in [1.54, 1.807) is 42.9 Å². The topological polar surface area (TPSA) is 106 Å². The molecule has 0 spiro atoms. The average molecular weight is 418 g/mol. The first-order chi connectivity index (χ1) is 14.6. The predicted octanol–water partition coefficient (Wildman–Crippen LogP) is 4.29. The molecule has 0 fully saturated rings. The summed E-state index contributed by atoms with van der Waals surface area (Å²) in [6.07, 6.45) is 5.12. The van der Waals surface area contributed by atoms with Gasteiger partial charge in [0.2, 0.25) is 5.95 Å². The zero-order chi connectivity index (χ0) is 20.9. The smallest absolute Gasteiger partial charge is 0.256 e. The third-order valence-corrected chi connectivity index (χ3v) is 4.43. The first-order valence-corrected chi connectivity index (χ1v) is 9.38. The van der Waals surface area contributed by atoms with Gasteiger partial charge in [-0.15, -0.1) is 10.2 Å². The van der Waals surface area contributed by atoms with Crippen molar-refractivity contribution in [1.82, 2.24) is 25.1 Å². The molecular formula is C21H16ClN7O. The van der Waals surface area contributed by atoms with Crippen LogP contribution in [0.1, 0.15) is 15.9 Å². The van der Waals surface area contributed by atoms with Gasteiger partial charge in [0.1, 0.15) is 0 Å². The van der Waals surface area contributed by atoms with Crippen molar-refractivity contribution in [3.63, 3.8) is 0 Å². The zero-order valence-corrected chi connectivity index (χ0v) is 16.6. The second-order valence-electron chi connectivity index (χ2n) is 6.36. The molecule has 0 saturated heterocycles. The molecule has 0 aliphatic carbocycles. The summed E-state index contributed by atoms with van der Waals surface area (Å²) >= 11 is 5.72. The molecule has 0 aliphatic rings. The first-order valence-electron chi connectivity index (χ1n) is 9.00. The fraction of sp³-hybridized carbons (Fsp3) is 0.0476. The highest BCUT2D eigenvalue weighted by molar-refractivity contribution is 6.29. The van der Waals surface area contributed by atoms with Crippen LogP contribution in [0.5, 0.6) is 0 Å². The Labute approximate surface area is 177 Å². The molecule has 8 nitrogen and oxygen atoms in total.